The van der Waals surface area contributed by atoms with Crippen molar-refractivity contribution in [2.24, 2.45) is 5.41 Å². The molecule has 57 valence electrons. The molecule has 10 heavy (non-hydrogen) atoms. The van der Waals surface area contributed by atoms with Gasteiger partial charge in [-0.1, -0.05) is 19.8 Å². The fourth-order valence-corrected chi connectivity index (χ4v) is 1.79. The predicted octanol–water partition coefficient (Wildman–Crippen LogP) is 1.77. The summed E-state index contributed by atoms with van der Waals surface area (Å²) in [6.07, 6.45) is 5.03. The number of nitrogens with one attached hydrogen (secondary N) is 1. The van der Waals surface area contributed by atoms with Crippen LogP contribution >= 0.6 is 0 Å². The summed E-state index contributed by atoms with van der Waals surface area (Å²) in [5.74, 6) is -0.340. The largest absolute Gasteiger partial charge is 0.273 e. The van der Waals surface area contributed by atoms with Crippen LogP contribution in [0, 0.1) is 5.41 Å². The van der Waals surface area contributed by atoms with E-state index in [1.54, 1.807) is 0 Å². The van der Waals surface area contributed by atoms with Crippen LogP contribution in [0.2, 0.25) is 0 Å². The molecule has 0 bridgehead atoms. The first-order valence-electron chi connectivity index (χ1n) is 3.97. The van der Waals surface area contributed by atoms with Gasteiger partial charge < -0.3 is 0 Å². The molecule has 0 spiro atoms. The third kappa shape index (κ3) is 1.02. The zero-order valence-corrected chi connectivity index (χ0v) is 6.44. The molecule has 1 saturated carbocycles. The summed E-state index contributed by atoms with van der Waals surface area (Å²) >= 11 is 0. The topological polar surface area (TPSA) is 40.9 Å². The lowest BCUT2D eigenvalue weighted by molar-refractivity contribution is -0.128. The molecule has 0 aromatic rings. The zero-order chi connectivity index (χ0) is 7.61. The van der Waals surface area contributed by atoms with Gasteiger partial charge >= 0.3 is 0 Å². The fourth-order valence-electron chi connectivity index (χ4n) is 1.79. The first-order chi connectivity index (χ1) is 4.71. The van der Waals surface area contributed by atoms with Gasteiger partial charge in [0.1, 0.15) is 0 Å². The molecule has 1 N–H and O–H groups in total. The number of hydrogen-bond donors (Lipinski definition) is 0. The van der Waals surface area contributed by atoms with Gasteiger partial charge in [0.05, 0.1) is 5.41 Å². The second kappa shape index (κ2) is 2.60. The molecule has 2 nitrogen and oxygen atoms in total. The van der Waals surface area contributed by atoms with Crippen molar-refractivity contribution in [3.8, 4) is 0 Å². The van der Waals surface area contributed by atoms with Crippen LogP contribution < -0.4 is 5.73 Å². The molecule has 0 unspecified atom stereocenters. The van der Waals surface area contributed by atoms with Crippen LogP contribution in [0.3, 0.4) is 0 Å². The van der Waals surface area contributed by atoms with Gasteiger partial charge in [-0.05, 0) is 19.3 Å². The van der Waals surface area contributed by atoms with Gasteiger partial charge in [0.15, 0.2) is 0 Å². The van der Waals surface area contributed by atoms with Crippen LogP contribution in [0.4, 0.5) is 0 Å². The average molecular weight is 140 g/mol. The Morgan fingerprint density at radius 3 is 2.20 bits per heavy atom. The zero-order valence-electron chi connectivity index (χ0n) is 6.44. The summed E-state index contributed by atoms with van der Waals surface area (Å²) < 4.78 is 0. The molecular weight excluding hydrogens is 126 g/mol. The Hall–Kier alpha value is -0.530. The Labute approximate surface area is 61.8 Å². The fraction of sp³-hybridized carbons (Fsp3) is 0.875. The van der Waals surface area contributed by atoms with E-state index in [4.69, 9.17) is 5.73 Å². The monoisotopic (exact) mass is 140 g/mol. The van der Waals surface area contributed by atoms with E-state index in [2.05, 4.69) is 0 Å². The SMILES string of the molecule is CCC1(C([NH])=O)CCCC1. The Kier molecular flexibility index (Phi) is 1.97. The Balaban J connectivity index is 2.67. The Morgan fingerprint density at radius 2 is 2.00 bits per heavy atom. The van der Waals surface area contributed by atoms with Crippen molar-refractivity contribution in [1.29, 1.82) is 0 Å². The lowest BCUT2D eigenvalue weighted by atomic mass is 9.83. The molecule has 0 aromatic heterocycles. The summed E-state index contributed by atoms with van der Waals surface area (Å²) in [5, 5.41) is 0. The van der Waals surface area contributed by atoms with E-state index in [-0.39, 0.29) is 11.3 Å². The van der Waals surface area contributed by atoms with Crippen molar-refractivity contribution in [3.63, 3.8) is 0 Å². The highest BCUT2D eigenvalue weighted by atomic mass is 16.1. The molecule has 0 heterocycles. The van der Waals surface area contributed by atoms with E-state index in [0.29, 0.717) is 0 Å². The summed E-state index contributed by atoms with van der Waals surface area (Å²) in [4.78, 5) is 10.9. The molecule has 1 radical (unpaired) electrons. The van der Waals surface area contributed by atoms with Crippen LogP contribution in [0.25, 0.3) is 0 Å². The smallest absolute Gasteiger partial charge is 0.244 e. The summed E-state index contributed by atoms with van der Waals surface area (Å²) in [7, 11) is 0. The second-order valence-corrected chi connectivity index (χ2v) is 3.17. The van der Waals surface area contributed by atoms with Crippen molar-refractivity contribution in [2.75, 3.05) is 0 Å². The minimum Gasteiger partial charge on any atom is -0.273 e. The van der Waals surface area contributed by atoms with Crippen molar-refractivity contribution in [2.45, 2.75) is 39.0 Å². The van der Waals surface area contributed by atoms with E-state index in [1.807, 2.05) is 6.92 Å². The number of hydrogen-bond acceptors (Lipinski definition) is 1. The van der Waals surface area contributed by atoms with Gasteiger partial charge in [-0.3, -0.25) is 10.5 Å². The maximum Gasteiger partial charge on any atom is 0.244 e. The highest BCUT2D eigenvalue weighted by Gasteiger charge is 2.37. The first-order valence-corrected chi connectivity index (χ1v) is 3.97. The molecule has 2 heteroatoms. The minimum absolute atomic E-state index is 0.236. The summed E-state index contributed by atoms with van der Waals surface area (Å²) in [6, 6.07) is 0. The maximum absolute atomic E-state index is 10.9. The Bertz CT molecular complexity index is 136. The van der Waals surface area contributed by atoms with E-state index in [0.717, 1.165) is 32.1 Å². The Morgan fingerprint density at radius 1 is 1.50 bits per heavy atom. The van der Waals surface area contributed by atoms with Crippen molar-refractivity contribution in [3.05, 3.63) is 0 Å². The van der Waals surface area contributed by atoms with Crippen LogP contribution in [-0.4, -0.2) is 5.91 Å². The van der Waals surface area contributed by atoms with Crippen LogP contribution in [0.15, 0.2) is 0 Å². The average Bonchev–Trinajstić information content (AvgIpc) is 2.35. The van der Waals surface area contributed by atoms with Gasteiger partial charge in [-0.25, -0.2) is 0 Å². The van der Waals surface area contributed by atoms with Gasteiger partial charge in [0.25, 0.3) is 0 Å². The van der Waals surface area contributed by atoms with Crippen molar-refractivity contribution in [1.82, 2.24) is 5.73 Å². The van der Waals surface area contributed by atoms with Gasteiger partial charge in [0, 0.05) is 0 Å². The first kappa shape index (κ1) is 7.58. The van der Waals surface area contributed by atoms with Gasteiger partial charge in [0.2, 0.25) is 5.91 Å². The third-order valence-electron chi connectivity index (χ3n) is 2.72. The molecule has 1 amide bonds. The highest BCUT2D eigenvalue weighted by Crippen LogP contribution is 2.40. The predicted molar refractivity (Wildman–Crippen MR) is 39.3 cm³/mol. The number of carbonyl (C=O) groups excluding carboxylic acids is 1. The molecule has 1 rings (SSSR count). The standard InChI is InChI=1S/C8H14NO/c1-2-8(7(9)10)5-3-4-6-8/h9H,2-6H2,1H3. The molecule has 1 aliphatic rings. The van der Waals surface area contributed by atoms with Crippen molar-refractivity contribution < 1.29 is 4.79 Å². The van der Waals surface area contributed by atoms with Crippen LogP contribution in [0.1, 0.15) is 39.0 Å². The lowest BCUT2D eigenvalue weighted by Gasteiger charge is -2.21. The molecule has 1 fully saturated rings. The molecular formula is C8H14NO. The lowest BCUT2D eigenvalue weighted by Crippen LogP contribution is -2.27. The molecule has 1 aliphatic carbocycles. The van der Waals surface area contributed by atoms with E-state index < -0.39 is 0 Å². The number of carbonyl (C=O) groups is 1. The molecule has 0 aromatic carbocycles. The number of amides is 1. The van der Waals surface area contributed by atoms with Crippen LogP contribution in [0.5, 0.6) is 0 Å². The normalized spacial score (nSPS) is 22.9. The minimum atomic E-state index is -0.340. The second-order valence-electron chi connectivity index (χ2n) is 3.17. The van der Waals surface area contributed by atoms with Crippen molar-refractivity contribution >= 4 is 5.91 Å². The maximum atomic E-state index is 10.9. The van der Waals surface area contributed by atoms with Gasteiger partial charge in [-0.2, -0.15) is 0 Å². The molecule has 0 saturated heterocycles. The quantitative estimate of drug-likeness (QED) is 0.576. The number of rotatable bonds is 2. The van der Waals surface area contributed by atoms with Crippen LogP contribution in [-0.2, 0) is 4.79 Å². The van der Waals surface area contributed by atoms with Gasteiger partial charge in [-0.15, -0.1) is 0 Å². The molecule has 0 aliphatic heterocycles. The van der Waals surface area contributed by atoms with E-state index in [9.17, 15) is 4.79 Å². The third-order valence-corrected chi connectivity index (χ3v) is 2.72. The van der Waals surface area contributed by atoms with E-state index >= 15 is 0 Å². The summed E-state index contributed by atoms with van der Waals surface area (Å²) in [6.45, 7) is 2.01. The summed E-state index contributed by atoms with van der Waals surface area (Å²) in [5.41, 5.74) is 6.85. The highest BCUT2D eigenvalue weighted by molar-refractivity contribution is 5.80. The van der Waals surface area contributed by atoms with E-state index in [1.165, 1.54) is 0 Å². The molecule has 0 atom stereocenters.